The number of aromatic amines is 1. The summed E-state index contributed by atoms with van der Waals surface area (Å²) in [6, 6.07) is 7.08. The molecular weight excluding hydrogens is 242 g/mol. The minimum Gasteiger partial charge on any atom is -0.336 e. The molecule has 0 aliphatic rings. The van der Waals surface area contributed by atoms with Crippen molar-refractivity contribution in [2.24, 2.45) is 0 Å². The van der Waals surface area contributed by atoms with Crippen LogP contribution in [0.2, 0.25) is 0 Å². The van der Waals surface area contributed by atoms with E-state index in [0.717, 1.165) is 6.42 Å². The van der Waals surface area contributed by atoms with Crippen LogP contribution in [0.5, 0.6) is 0 Å². The number of benzene rings is 1. The molecule has 1 heterocycles. The van der Waals surface area contributed by atoms with E-state index in [-0.39, 0.29) is 23.3 Å². The van der Waals surface area contributed by atoms with Gasteiger partial charge in [-0.2, -0.15) is 0 Å². The molecule has 0 spiro atoms. The first-order valence-electron chi connectivity index (χ1n) is 6.30. The van der Waals surface area contributed by atoms with E-state index in [2.05, 4.69) is 9.97 Å². The molecule has 0 saturated carbocycles. The minimum absolute atomic E-state index is 0.0894. The van der Waals surface area contributed by atoms with E-state index in [1.54, 1.807) is 36.2 Å². The number of para-hydroxylation sites is 1. The zero-order chi connectivity index (χ0) is 14.0. The number of nitrogens with one attached hydrogen (secondary N) is 1. The maximum Gasteiger partial charge on any atom is 0.289 e. The number of hydrogen-bond donors (Lipinski definition) is 1. The van der Waals surface area contributed by atoms with Crippen LogP contribution in [0.15, 0.2) is 29.1 Å². The predicted octanol–water partition coefficient (Wildman–Crippen LogP) is 1.79. The van der Waals surface area contributed by atoms with Gasteiger partial charge in [0.1, 0.15) is 0 Å². The van der Waals surface area contributed by atoms with E-state index in [4.69, 9.17) is 0 Å². The Hall–Kier alpha value is -2.17. The molecule has 2 aromatic rings. The normalized spacial score (nSPS) is 12.4. The van der Waals surface area contributed by atoms with Crippen molar-refractivity contribution in [3.05, 3.63) is 40.4 Å². The van der Waals surface area contributed by atoms with Crippen molar-refractivity contribution in [3.63, 3.8) is 0 Å². The molecule has 5 nitrogen and oxygen atoms in total. The molecule has 19 heavy (non-hydrogen) atoms. The number of aromatic nitrogens is 2. The maximum atomic E-state index is 12.2. The Labute approximate surface area is 111 Å². The predicted molar refractivity (Wildman–Crippen MR) is 74.2 cm³/mol. The lowest BCUT2D eigenvalue weighted by Gasteiger charge is -2.23. The molecule has 0 fully saturated rings. The Morgan fingerprint density at radius 3 is 2.79 bits per heavy atom. The van der Waals surface area contributed by atoms with Crippen molar-refractivity contribution in [1.82, 2.24) is 14.9 Å². The number of carbonyl (C=O) groups is 1. The van der Waals surface area contributed by atoms with Gasteiger partial charge >= 0.3 is 0 Å². The van der Waals surface area contributed by atoms with E-state index in [1.165, 1.54) is 0 Å². The largest absolute Gasteiger partial charge is 0.336 e. The zero-order valence-corrected chi connectivity index (χ0v) is 11.3. The van der Waals surface area contributed by atoms with Crippen molar-refractivity contribution < 1.29 is 4.79 Å². The summed E-state index contributed by atoms with van der Waals surface area (Å²) in [5.41, 5.74) is 0.249. The van der Waals surface area contributed by atoms with Gasteiger partial charge in [-0.15, -0.1) is 0 Å². The minimum atomic E-state index is -0.286. The highest BCUT2D eigenvalue weighted by Gasteiger charge is 2.19. The summed E-state index contributed by atoms with van der Waals surface area (Å²) >= 11 is 0. The van der Waals surface area contributed by atoms with Gasteiger partial charge in [0.2, 0.25) is 0 Å². The third kappa shape index (κ3) is 2.50. The van der Waals surface area contributed by atoms with Crippen molar-refractivity contribution in [2.75, 3.05) is 7.05 Å². The number of carbonyl (C=O) groups excluding carboxylic acids is 1. The second-order valence-corrected chi connectivity index (χ2v) is 4.61. The standard InChI is InChI=1S/C14H17N3O2/c1-4-9(2)17(3)14(19)12-15-11-8-6-5-7-10(11)13(18)16-12/h5-9H,4H2,1-3H3,(H,15,16,18)/t9-/m1/s1. The van der Waals surface area contributed by atoms with Crippen LogP contribution in [-0.4, -0.2) is 33.9 Å². The molecule has 1 aromatic carbocycles. The van der Waals surface area contributed by atoms with Crippen molar-refractivity contribution >= 4 is 16.8 Å². The van der Waals surface area contributed by atoms with Gasteiger partial charge in [0, 0.05) is 13.1 Å². The average molecular weight is 259 g/mol. The smallest absolute Gasteiger partial charge is 0.289 e. The molecule has 5 heteroatoms. The molecule has 0 radical (unpaired) electrons. The zero-order valence-electron chi connectivity index (χ0n) is 11.3. The molecule has 0 aliphatic heterocycles. The molecule has 1 amide bonds. The van der Waals surface area contributed by atoms with Crippen molar-refractivity contribution in [1.29, 1.82) is 0 Å². The van der Waals surface area contributed by atoms with Gasteiger partial charge in [-0.3, -0.25) is 9.59 Å². The summed E-state index contributed by atoms with van der Waals surface area (Å²) in [6.45, 7) is 3.96. The topological polar surface area (TPSA) is 66.1 Å². The summed E-state index contributed by atoms with van der Waals surface area (Å²) in [6.07, 6.45) is 0.847. The third-order valence-electron chi connectivity index (χ3n) is 3.39. The molecule has 1 N–H and O–H groups in total. The van der Waals surface area contributed by atoms with Crippen LogP contribution >= 0.6 is 0 Å². The summed E-state index contributed by atoms with van der Waals surface area (Å²) in [5, 5.41) is 0.491. The fourth-order valence-electron chi connectivity index (χ4n) is 1.83. The first-order valence-corrected chi connectivity index (χ1v) is 6.30. The third-order valence-corrected chi connectivity index (χ3v) is 3.39. The van der Waals surface area contributed by atoms with Crippen molar-refractivity contribution in [3.8, 4) is 0 Å². The fourth-order valence-corrected chi connectivity index (χ4v) is 1.83. The van der Waals surface area contributed by atoms with Gasteiger partial charge in [-0.1, -0.05) is 19.1 Å². The highest BCUT2D eigenvalue weighted by Crippen LogP contribution is 2.08. The van der Waals surface area contributed by atoms with Gasteiger partial charge < -0.3 is 9.88 Å². The van der Waals surface area contributed by atoms with Crippen LogP contribution in [0, 0.1) is 0 Å². The summed E-state index contributed by atoms with van der Waals surface area (Å²) in [7, 11) is 1.71. The van der Waals surface area contributed by atoms with Crippen LogP contribution in [0.3, 0.4) is 0 Å². The molecule has 2 rings (SSSR count). The summed E-state index contributed by atoms with van der Waals surface area (Å²) < 4.78 is 0. The lowest BCUT2D eigenvalue weighted by Crippen LogP contribution is -2.36. The maximum absolute atomic E-state index is 12.2. The lowest BCUT2D eigenvalue weighted by molar-refractivity contribution is 0.0728. The van der Waals surface area contributed by atoms with E-state index < -0.39 is 0 Å². The quantitative estimate of drug-likeness (QED) is 0.914. The Morgan fingerprint density at radius 2 is 2.11 bits per heavy atom. The number of hydrogen-bond acceptors (Lipinski definition) is 3. The highest BCUT2D eigenvalue weighted by molar-refractivity contribution is 5.92. The fraction of sp³-hybridized carbons (Fsp3) is 0.357. The van der Waals surface area contributed by atoms with E-state index in [1.807, 2.05) is 13.8 Å². The summed E-state index contributed by atoms with van der Waals surface area (Å²) in [5.74, 6) is -0.177. The highest BCUT2D eigenvalue weighted by atomic mass is 16.2. The second kappa shape index (κ2) is 5.22. The first kappa shape index (κ1) is 13.3. The molecule has 0 unspecified atom stereocenters. The van der Waals surface area contributed by atoms with Crippen LogP contribution in [-0.2, 0) is 0 Å². The average Bonchev–Trinajstić information content (AvgIpc) is 2.44. The number of rotatable bonds is 3. The van der Waals surface area contributed by atoms with Gasteiger partial charge in [0.05, 0.1) is 10.9 Å². The van der Waals surface area contributed by atoms with Crippen LogP contribution in [0.25, 0.3) is 10.9 Å². The Bertz CT molecular complexity index is 663. The number of nitrogens with zero attached hydrogens (tertiary/aromatic N) is 2. The van der Waals surface area contributed by atoms with Gasteiger partial charge in [-0.05, 0) is 25.5 Å². The van der Waals surface area contributed by atoms with Gasteiger partial charge in [0.15, 0.2) is 5.82 Å². The van der Waals surface area contributed by atoms with Gasteiger partial charge in [0.25, 0.3) is 11.5 Å². The van der Waals surface area contributed by atoms with Crippen LogP contribution in [0.1, 0.15) is 30.9 Å². The second-order valence-electron chi connectivity index (χ2n) is 4.61. The SMILES string of the molecule is CC[C@@H](C)N(C)C(=O)c1nc2ccccc2c(=O)[nH]1. The lowest BCUT2D eigenvalue weighted by atomic mass is 10.2. The van der Waals surface area contributed by atoms with E-state index in [0.29, 0.717) is 10.9 Å². The van der Waals surface area contributed by atoms with E-state index >= 15 is 0 Å². The number of H-pyrrole nitrogens is 1. The molecule has 0 bridgehead atoms. The number of amides is 1. The summed E-state index contributed by atoms with van der Waals surface area (Å²) in [4.78, 5) is 32.5. The van der Waals surface area contributed by atoms with Crippen LogP contribution < -0.4 is 5.56 Å². The Kier molecular flexibility index (Phi) is 3.64. The Balaban J connectivity index is 2.46. The molecule has 0 aliphatic carbocycles. The molecule has 1 aromatic heterocycles. The molecule has 1 atom stereocenters. The number of fused-ring (bicyclic) bond motifs is 1. The monoisotopic (exact) mass is 259 g/mol. The van der Waals surface area contributed by atoms with Gasteiger partial charge in [-0.25, -0.2) is 4.98 Å². The van der Waals surface area contributed by atoms with Crippen molar-refractivity contribution in [2.45, 2.75) is 26.3 Å². The first-order chi connectivity index (χ1) is 9.04. The Morgan fingerprint density at radius 1 is 1.42 bits per heavy atom. The molecule has 0 saturated heterocycles. The van der Waals surface area contributed by atoms with Crippen LogP contribution in [0.4, 0.5) is 0 Å². The van der Waals surface area contributed by atoms with E-state index in [9.17, 15) is 9.59 Å². The molecule has 100 valence electrons. The molecular formula is C14H17N3O2.